The van der Waals surface area contributed by atoms with E-state index in [9.17, 15) is 4.79 Å². The van der Waals surface area contributed by atoms with E-state index in [4.69, 9.17) is 4.42 Å². The van der Waals surface area contributed by atoms with Crippen molar-refractivity contribution >= 4 is 16.9 Å². The lowest BCUT2D eigenvalue weighted by molar-refractivity contribution is 0.0786. The third kappa shape index (κ3) is 2.10. The highest BCUT2D eigenvalue weighted by Gasteiger charge is 2.17. The van der Waals surface area contributed by atoms with E-state index in [2.05, 4.69) is 10.2 Å². The highest BCUT2D eigenvalue weighted by molar-refractivity contribution is 6.05. The van der Waals surface area contributed by atoms with E-state index < -0.39 is 0 Å². The van der Waals surface area contributed by atoms with Gasteiger partial charge in [-0.1, -0.05) is 18.2 Å². The minimum atomic E-state index is -0.0637. The highest BCUT2D eigenvalue weighted by atomic mass is 16.3. The molecule has 1 N–H and O–H groups in total. The first-order valence-corrected chi connectivity index (χ1v) is 5.95. The Morgan fingerprint density at radius 1 is 1.42 bits per heavy atom. The number of furan rings is 1. The Hall–Kier alpha value is -2.56. The van der Waals surface area contributed by atoms with E-state index >= 15 is 0 Å². The maximum absolute atomic E-state index is 12.4. The number of carbonyl (C=O) groups excluding carboxylic acids is 1. The fraction of sp³-hybridized carbons (Fsp3) is 0.143. The van der Waals surface area contributed by atoms with Crippen molar-refractivity contribution in [2.24, 2.45) is 0 Å². The van der Waals surface area contributed by atoms with Crippen LogP contribution in [0.1, 0.15) is 15.9 Å². The number of carbonyl (C=O) groups is 1. The molecule has 0 atom stereocenters. The van der Waals surface area contributed by atoms with E-state index in [0.717, 1.165) is 16.5 Å². The first-order chi connectivity index (χ1) is 9.25. The van der Waals surface area contributed by atoms with Gasteiger partial charge in [0.05, 0.1) is 11.8 Å². The van der Waals surface area contributed by atoms with Gasteiger partial charge in [0, 0.05) is 30.7 Å². The second-order valence-electron chi connectivity index (χ2n) is 4.41. The highest BCUT2D eigenvalue weighted by Crippen LogP contribution is 2.22. The van der Waals surface area contributed by atoms with Gasteiger partial charge < -0.3 is 9.32 Å². The molecule has 0 spiro atoms. The Morgan fingerprint density at radius 2 is 2.26 bits per heavy atom. The summed E-state index contributed by atoms with van der Waals surface area (Å²) in [7, 11) is 1.76. The molecule has 0 saturated heterocycles. The third-order valence-corrected chi connectivity index (χ3v) is 3.03. The number of rotatable bonds is 3. The zero-order valence-electron chi connectivity index (χ0n) is 10.5. The summed E-state index contributed by atoms with van der Waals surface area (Å²) in [5, 5.41) is 7.44. The summed E-state index contributed by atoms with van der Waals surface area (Å²) in [5.74, 6) is -0.0637. The Balaban J connectivity index is 1.87. The molecule has 5 heteroatoms. The van der Waals surface area contributed by atoms with Crippen LogP contribution in [0.2, 0.25) is 0 Å². The van der Waals surface area contributed by atoms with Crippen LogP contribution in [0.25, 0.3) is 11.0 Å². The van der Waals surface area contributed by atoms with Crippen LogP contribution in [0.15, 0.2) is 47.3 Å². The second kappa shape index (κ2) is 4.61. The molecule has 3 aromatic rings. The summed E-state index contributed by atoms with van der Waals surface area (Å²) < 4.78 is 5.39. The van der Waals surface area contributed by atoms with Gasteiger partial charge in [-0.2, -0.15) is 5.10 Å². The smallest absolute Gasteiger partial charge is 0.257 e. The molecule has 1 amide bonds. The van der Waals surface area contributed by atoms with Gasteiger partial charge in [0.15, 0.2) is 0 Å². The SMILES string of the molecule is CN(Cc1cn[nH]c1)C(=O)c1coc2ccccc12. The van der Waals surface area contributed by atoms with Crippen molar-refractivity contribution in [1.82, 2.24) is 15.1 Å². The number of nitrogens with one attached hydrogen (secondary N) is 1. The molecule has 3 rings (SSSR count). The molecule has 0 aliphatic carbocycles. The van der Waals surface area contributed by atoms with E-state index in [1.807, 2.05) is 24.3 Å². The van der Waals surface area contributed by atoms with E-state index in [-0.39, 0.29) is 5.91 Å². The lowest BCUT2D eigenvalue weighted by Crippen LogP contribution is -2.25. The van der Waals surface area contributed by atoms with Crippen LogP contribution in [0.4, 0.5) is 0 Å². The number of hydrogen-bond donors (Lipinski definition) is 1. The van der Waals surface area contributed by atoms with E-state index in [1.165, 1.54) is 6.26 Å². The summed E-state index contributed by atoms with van der Waals surface area (Å²) in [6.45, 7) is 0.509. The predicted molar refractivity (Wildman–Crippen MR) is 70.6 cm³/mol. The Morgan fingerprint density at radius 3 is 3.05 bits per heavy atom. The fourth-order valence-corrected chi connectivity index (χ4v) is 2.06. The molecule has 0 aliphatic heterocycles. The van der Waals surface area contributed by atoms with Crippen LogP contribution in [-0.2, 0) is 6.54 Å². The van der Waals surface area contributed by atoms with Gasteiger partial charge in [-0.15, -0.1) is 0 Å². The van der Waals surface area contributed by atoms with Crippen molar-refractivity contribution in [2.45, 2.75) is 6.54 Å². The molecule has 2 heterocycles. The first kappa shape index (κ1) is 11.5. The standard InChI is InChI=1S/C14H13N3O2/c1-17(8-10-6-15-16-7-10)14(18)12-9-19-13-5-3-2-4-11(12)13/h2-7,9H,8H2,1H3,(H,15,16). The van der Waals surface area contributed by atoms with Crippen LogP contribution >= 0.6 is 0 Å². The largest absolute Gasteiger partial charge is 0.463 e. The van der Waals surface area contributed by atoms with Crippen molar-refractivity contribution in [1.29, 1.82) is 0 Å². The molecular formula is C14H13N3O2. The number of para-hydroxylation sites is 1. The number of hydrogen-bond acceptors (Lipinski definition) is 3. The van der Waals surface area contributed by atoms with Crippen LogP contribution in [0.5, 0.6) is 0 Å². The van der Waals surface area contributed by atoms with Crippen LogP contribution in [0, 0.1) is 0 Å². The van der Waals surface area contributed by atoms with Crippen molar-refractivity contribution in [2.75, 3.05) is 7.05 Å². The normalized spacial score (nSPS) is 10.8. The van der Waals surface area contributed by atoms with E-state index in [0.29, 0.717) is 12.1 Å². The molecule has 1 aromatic carbocycles. The summed E-state index contributed by atoms with van der Waals surface area (Å²) in [4.78, 5) is 14.0. The first-order valence-electron chi connectivity index (χ1n) is 5.95. The Bertz CT molecular complexity index is 700. The molecule has 19 heavy (non-hydrogen) atoms. The van der Waals surface area contributed by atoms with Crippen LogP contribution < -0.4 is 0 Å². The zero-order chi connectivity index (χ0) is 13.2. The van der Waals surface area contributed by atoms with Crippen molar-refractivity contribution in [3.63, 3.8) is 0 Å². The van der Waals surface area contributed by atoms with E-state index in [1.54, 1.807) is 24.3 Å². The number of nitrogens with zero attached hydrogens (tertiary/aromatic N) is 2. The topological polar surface area (TPSA) is 62.1 Å². The maximum atomic E-state index is 12.4. The lowest BCUT2D eigenvalue weighted by atomic mass is 10.1. The quantitative estimate of drug-likeness (QED) is 0.781. The zero-order valence-corrected chi connectivity index (χ0v) is 10.5. The molecule has 5 nitrogen and oxygen atoms in total. The monoisotopic (exact) mass is 255 g/mol. The number of amides is 1. The summed E-state index contributed by atoms with van der Waals surface area (Å²) in [6.07, 6.45) is 4.99. The van der Waals surface area contributed by atoms with Crippen molar-refractivity contribution < 1.29 is 9.21 Å². The number of H-pyrrole nitrogens is 1. The molecule has 0 radical (unpaired) electrons. The number of fused-ring (bicyclic) bond motifs is 1. The van der Waals surface area contributed by atoms with Gasteiger partial charge in [0.25, 0.3) is 5.91 Å². The van der Waals surface area contributed by atoms with Gasteiger partial charge in [0.2, 0.25) is 0 Å². The van der Waals surface area contributed by atoms with Crippen LogP contribution in [-0.4, -0.2) is 28.1 Å². The molecule has 0 bridgehead atoms. The van der Waals surface area contributed by atoms with Gasteiger partial charge >= 0.3 is 0 Å². The molecule has 0 unspecified atom stereocenters. The Labute approximate surface area is 109 Å². The van der Waals surface area contributed by atoms with Gasteiger partial charge in [-0.05, 0) is 6.07 Å². The molecule has 0 fully saturated rings. The average Bonchev–Trinajstić information content (AvgIpc) is 3.06. The minimum Gasteiger partial charge on any atom is -0.463 e. The fourth-order valence-electron chi connectivity index (χ4n) is 2.06. The van der Waals surface area contributed by atoms with Gasteiger partial charge in [-0.25, -0.2) is 0 Å². The lowest BCUT2D eigenvalue weighted by Gasteiger charge is -2.15. The third-order valence-electron chi connectivity index (χ3n) is 3.03. The maximum Gasteiger partial charge on any atom is 0.257 e. The molecular weight excluding hydrogens is 242 g/mol. The number of benzene rings is 1. The molecule has 96 valence electrons. The number of aromatic nitrogens is 2. The summed E-state index contributed by atoms with van der Waals surface area (Å²) in [5.41, 5.74) is 2.27. The van der Waals surface area contributed by atoms with Gasteiger partial charge in [0.1, 0.15) is 11.8 Å². The predicted octanol–water partition coefficient (Wildman–Crippen LogP) is 2.43. The molecule has 0 aliphatic rings. The number of aromatic amines is 1. The van der Waals surface area contributed by atoms with Crippen molar-refractivity contribution in [3.05, 3.63) is 54.0 Å². The summed E-state index contributed by atoms with van der Waals surface area (Å²) >= 11 is 0. The molecule has 0 saturated carbocycles. The second-order valence-corrected chi connectivity index (χ2v) is 4.41. The van der Waals surface area contributed by atoms with Gasteiger partial charge in [-0.3, -0.25) is 9.89 Å². The minimum absolute atomic E-state index is 0.0637. The molecule has 2 aromatic heterocycles. The Kier molecular flexibility index (Phi) is 2.79. The van der Waals surface area contributed by atoms with Crippen molar-refractivity contribution in [3.8, 4) is 0 Å². The average molecular weight is 255 g/mol. The summed E-state index contributed by atoms with van der Waals surface area (Å²) in [6, 6.07) is 7.51. The van der Waals surface area contributed by atoms with Crippen LogP contribution in [0.3, 0.4) is 0 Å².